The summed E-state index contributed by atoms with van der Waals surface area (Å²) < 4.78 is 76.7. The summed E-state index contributed by atoms with van der Waals surface area (Å²) in [4.78, 5) is 37.4. The summed E-state index contributed by atoms with van der Waals surface area (Å²) in [7, 11) is 1.79. The van der Waals surface area contributed by atoms with E-state index >= 15 is 0 Å². The maximum absolute atomic E-state index is 14.9. The van der Waals surface area contributed by atoms with Gasteiger partial charge in [-0.2, -0.15) is 23.4 Å². The van der Waals surface area contributed by atoms with Gasteiger partial charge in [0, 0.05) is 18.8 Å². The lowest BCUT2D eigenvalue weighted by Gasteiger charge is -2.35. The number of esters is 1. The van der Waals surface area contributed by atoms with Gasteiger partial charge in [-0.1, -0.05) is 62.7 Å². The fraction of sp³-hybridized carbons (Fsp3) is 0.429. The van der Waals surface area contributed by atoms with Crippen molar-refractivity contribution >= 4 is 29.4 Å². The molecule has 276 valence electrons. The predicted molar refractivity (Wildman–Crippen MR) is 180 cm³/mol. The summed E-state index contributed by atoms with van der Waals surface area (Å²) in [5.41, 5.74) is 4.52. The Hall–Kier alpha value is -4.86. The quantitative estimate of drug-likeness (QED) is 0.128. The Morgan fingerprint density at radius 1 is 1.08 bits per heavy atom. The second kappa shape index (κ2) is 13.3. The van der Waals surface area contributed by atoms with Crippen molar-refractivity contribution in [3.63, 3.8) is 0 Å². The van der Waals surface area contributed by atoms with E-state index in [1.165, 1.54) is 18.2 Å². The number of guanidine groups is 1. The summed E-state index contributed by atoms with van der Waals surface area (Å²) >= 11 is 6.43. The van der Waals surface area contributed by atoms with Gasteiger partial charge in [-0.15, -0.1) is 0 Å². The number of ether oxygens (including phenoxy) is 1. The van der Waals surface area contributed by atoms with Crippen LogP contribution in [-0.2, 0) is 26.9 Å². The van der Waals surface area contributed by atoms with Crippen LogP contribution in [0.2, 0.25) is 5.02 Å². The average molecular weight is 747 g/mol. The maximum Gasteiger partial charge on any atom is 0.395 e. The van der Waals surface area contributed by atoms with E-state index in [2.05, 4.69) is 15.2 Å². The maximum atomic E-state index is 14.9. The van der Waals surface area contributed by atoms with Gasteiger partial charge in [-0.3, -0.25) is 19.2 Å². The molecule has 2 N–H and O–H groups in total. The van der Waals surface area contributed by atoms with Gasteiger partial charge in [0.05, 0.1) is 34.3 Å². The Morgan fingerprint density at radius 3 is 2.35 bits per heavy atom. The lowest BCUT2D eigenvalue weighted by Crippen LogP contribution is -2.47. The van der Waals surface area contributed by atoms with Crippen LogP contribution in [0.4, 0.5) is 22.0 Å². The van der Waals surface area contributed by atoms with Crippen molar-refractivity contribution in [2.75, 3.05) is 6.61 Å². The molecule has 1 saturated carbocycles. The molecular formula is C35H36ClF5N8O3. The number of nitrogens with two attached hydrogens (primary N) is 1. The molecule has 6 rings (SSSR count). The molecule has 1 aliphatic heterocycles. The molecule has 2 atom stereocenters. The minimum atomic E-state index is -4.60. The third-order valence-electron chi connectivity index (χ3n) is 9.29. The molecule has 2 aliphatic rings. The molecule has 1 aliphatic carbocycles. The van der Waals surface area contributed by atoms with Gasteiger partial charge in [0.15, 0.2) is 17.3 Å². The van der Waals surface area contributed by atoms with Crippen LogP contribution in [0.5, 0.6) is 0 Å². The van der Waals surface area contributed by atoms with Gasteiger partial charge in [0.25, 0.3) is 12.3 Å². The monoisotopic (exact) mass is 746 g/mol. The van der Waals surface area contributed by atoms with Crippen LogP contribution >= 0.6 is 11.6 Å². The highest BCUT2D eigenvalue weighted by Gasteiger charge is 2.64. The lowest BCUT2D eigenvalue weighted by atomic mass is 9.75. The van der Waals surface area contributed by atoms with Crippen LogP contribution in [0.25, 0.3) is 16.9 Å². The van der Waals surface area contributed by atoms with Crippen molar-refractivity contribution < 1.29 is 36.3 Å². The van der Waals surface area contributed by atoms with Gasteiger partial charge in [-0.05, 0) is 54.0 Å². The first-order valence-corrected chi connectivity index (χ1v) is 16.7. The number of hydrogen-bond acceptors (Lipinski definition) is 8. The molecule has 0 saturated heterocycles. The standard InChI is InChI=1S/C35H36ClF5N8O3/c1-32(2,3)18-34(22-8-5-20(6-9-22)24-11-14-47(4)46-24)30(51)48(31(42)45-34)26(17-52-27(50)16-33(12-13-33)35(39,40)41)21-7-10-23(36)25(15-21)49-29(28(37)38)43-19-44-49/h5-11,14-15,19,26,28H,12-13,16-18H2,1-4H3,(H2,42,45)/t26-,34-/m1/s1. The Labute approximate surface area is 300 Å². The van der Waals surface area contributed by atoms with Gasteiger partial charge in [-0.25, -0.2) is 23.4 Å². The molecule has 1 fully saturated rings. The zero-order chi connectivity index (χ0) is 37.8. The minimum absolute atomic E-state index is 0.00258. The highest BCUT2D eigenvalue weighted by Crippen LogP contribution is 2.60. The van der Waals surface area contributed by atoms with Gasteiger partial charge < -0.3 is 10.5 Å². The fourth-order valence-corrected chi connectivity index (χ4v) is 6.77. The zero-order valence-electron chi connectivity index (χ0n) is 28.7. The van der Waals surface area contributed by atoms with Crippen molar-refractivity contribution in [1.82, 2.24) is 29.4 Å². The number of aliphatic imine (C=N–C) groups is 1. The first-order chi connectivity index (χ1) is 24.3. The Kier molecular flexibility index (Phi) is 9.43. The highest BCUT2D eigenvalue weighted by atomic mass is 35.5. The van der Waals surface area contributed by atoms with Gasteiger partial charge in [0.2, 0.25) is 0 Å². The first kappa shape index (κ1) is 36.9. The van der Waals surface area contributed by atoms with Crippen LogP contribution in [0.15, 0.2) is 66.0 Å². The van der Waals surface area contributed by atoms with E-state index in [1.54, 1.807) is 30.1 Å². The van der Waals surface area contributed by atoms with E-state index < -0.39 is 65.7 Å². The van der Waals surface area contributed by atoms with E-state index in [-0.39, 0.29) is 41.5 Å². The summed E-state index contributed by atoms with van der Waals surface area (Å²) in [5, 5.41) is 8.32. The smallest absolute Gasteiger partial charge is 0.395 e. The number of aryl methyl sites for hydroxylation is 1. The van der Waals surface area contributed by atoms with E-state index in [9.17, 15) is 31.5 Å². The largest absolute Gasteiger partial charge is 0.463 e. The van der Waals surface area contributed by atoms with E-state index in [1.807, 2.05) is 39.0 Å². The topological polar surface area (TPSA) is 134 Å². The molecule has 3 heterocycles. The number of hydrogen-bond donors (Lipinski definition) is 1. The summed E-state index contributed by atoms with van der Waals surface area (Å²) in [6.07, 6.45) is -6.04. The highest BCUT2D eigenvalue weighted by molar-refractivity contribution is 6.32. The second-order valence-corrected chi connectivity index (χ2v) is 14.8. The van der Waals surface area contributed by atoms with Crippen LogP contribution in [0.1, 0.15) is 75.9 Å². The lowest BCUT2D eigenvalue weighted by molar-refractivity contribution is -0.195. The van der Waals surface area contributed by atoms with Crippen molar-refractivity contribution in [2.24, 2.45) is 28.6 Å². The molecule has 1 amide bonds. The third kappa shape index (κ3) is 6.99. The molecule has 0 spiro atoms. The Bertz CT molecular complexity index is 2020. The summed E-state index contributed by atoms with van der Waals surface area (Å²) in [5.74, 6) is -2.67. The molecule has 0 bridgehead atoms. The van der Waals surface area contributed by atoms with E-state index in [4.69, 9.17) is 27.1 Å². The van der Waals surface area contributed by atoms with Gasteiger partial charge >= 0.3 is 12.1 Å². The van der Waals surface area contributed by atoms with Crippen LogP contribution in [0.3, 0.4) is 0 Å². The van der Waals surface area contributed by atoms with E-state index in [0.29, 0.717) is 11.3 Å². The van der Waals surface area contributed by atoms with Crippen molar-refractivity contribution in [3.8, 4) is 16.9 Å². The molecule has 2 aromatic carbocycles. The molecule has 11 nitrogen and oxygen atoms in total. The minimum Gasteiger partial charge on any atom is -0.463 e. The Morgan fingerprint density at radius 2 is 1.77 bits per heavy atom. The number of carbonyl (C=O) groups is 2. The number of amides is 1. The normalized spacial score (nSPS) is 19.2. The molecule has 4 aromatic rings. The number of carbonyl (C=O) groups excluding carboxylic acids is 2. The average Bonchev–Trinajstić information content (AvgIpc) is 3.36. The number of nitrogens with zero attached hydrogens (tertiary/aromatic N) is 7. The van der Waals surface area contributed by atoms with Crippen LogP contribution < -0.4 is 5.73 Å². The molecule has 0 radical (unpaired) electrons. The molecule has 17 heteroatoms. The van der Waals surface area contributed by atoms with E-state index in [0.717, 1.165) is 21.5 Å². The van der Waals surface area contributed by atoms with Crippen molar-refractivity contribution in [1.29, 1.82) is 0 Å². The second-order valence-electron chi connectivity index (χ2n) is 14.4. The Balaban J connectivity index is 1.41. The fourth-order valence-electron chi connectivity index (χ4n) is 6.57. The van der Waals surface area contributed by atoms with Crippen LogP contribution in [-0.4, -0.2) is 60.1 Å². The third-order valence-corrected chi connectivity index (χ3v) is 9.61. The summed E-state index contributed by atoms with van der Waals surface area (Å²) in [6.45, 7) is 5.14. The molecule has 0 unspecified atom stereocenters. The SMILES string of the molecule is Cn1ccc(-c2ccc([C@@]3(CC(C)(C)C)N=C(N)N([C@H](COC(=O)CC4(C(F)(F)F)CC4)c4ccc(Cl)c(-n5ncnc5C(F)F)c4)C3=O)cc2)n1. The first-order valence-electron chi connectivity index (χ1n) is 16.3. The zero-order valence-corrected chi connectivity index (χ0v) is 29.4. The number of benzene rings is 2. The number of alkyl halides is 5. The number of halogens is 6. The molecule has 52 heavy (non-hydrogen) atoms. The number of rotatable bonds is 11. The number of aromatic nitrogens is 5. The van der Waals surface area contributed by atoms with Gasteiger partial charge in [0.1, 0.15) is 12.9 Å². The molecular weight excluding hydrogens is 711 g/mol. The van der Waals surface area contributed by atoms with Crippen LogP contribution in [0, 0.1) is 10.8 Å². The predicted octanol–water partition coefficient (Wildman–Crippen LogP) is 7.06. The van der Waals surface area contributed by atoms with Crippen molar-refractivity contribution in [3.05, 3.63) is 83.0 Å². The van der Waals surface area contributed by atoms with Crippen molar-refractivity contribution in [2.45, 2.75) is 70.6 Å². The molecule has 2 aromatic heterocycles. The summed E-state index contributed by atoms with van der Waals surface area (Å²) in [6, 6.07) is 11.9.